The van der Waals surface area contributed by atoms with Crippen LogP contribution < -0.4 is 5.32 Å². The van der Waals surface area contributed by atoms with Crippen LogP contribution >= 0.6 is 0 Å². The van der Waals surface area contributed by atoms with Gasteiger partial charge in [0.25, 0.3) is 10.1 Å². The number of nitrogens with one attached hydrogen (secondary N) is 1. The summed E-state index contributed by atoms with van der Waals surface area (Å²) >= 11 is 0. The van der Waals surface area contributed by atoms with Crippen molar-refractivity contribution in [2.24, 2.45) is 0 Å². The Kier molecular flexibility index (Phi) is 28.7. The average Bonchev–Trinajstić information content (AvgIpc) is 2.96. The summed E-state index contributed by atoms with van der Waals surface area (Å²) in [6.07, 6.45) is 40.7. The molecule has 0 aliphatic heterocycles. The summed E-state index contributed by atoms with van der Waals surface area (Å²) in [5.74, 6) is -1.09. The summed E-state index contributed by atoms with van der Waals surface area (Å²) in [5, 5.41) is 13.1. The summed E-state index contributed by atoms with van der Waals surface area (Å²) < 4.78 is 32.3. The molecule has 0 bridgehead atoms. The molecule has 0 heterocycles. The lowest BCUT2D eigenvalue weighted by Crippen LogP contribution is -2.46. The number of allylic oxidation sites excluding steroid dienone is 9. The van der Waals surface area contributed by atoms with E-state index in [1.807, 2.05) is 18.2 Å². The fourth-order valence-corrected chi connectivity index (χ4v) is 5.43. The zero-order valence-corrected chi connectivity index (χ0v) is 28.1. The smallest absolute Gasteiger partial charge is 0.267 e. The minimum Gasteiger partial charge on any atom is -0.387 e. The molecule has 3 N–H and O–H groups in total. The number of hydrogen-bond acceptors (Lipinski definition) is 4. The van der Waals surface area contributed by atoms with Crippen LogP contribution in [0.1, 0.15) is 142 Å². The van der Waals surface area contributed by atoms with E-state index in [0.29, 0.717) is 6.42 Å². The van der Waals surface area contributed by atoms with Gasteiger partial charge in [-0.15, -0.1) is 0 Å². The lowest BCUT2D eigenvalue weighted by Gasteiger charge is -2.20. The minimum absolute atomic E-state index is 0.172. The minimum atomic E-state index is -4.36. The molecule has 43 heavy (non-hydrogen) atoms. The molecule has 1 amide bonds. The predicted octanol–water partition coefficient (Wildman–Crippen LogP) is 9.34. The molecule has 0 aliphatic carbocycles. The molecule has 0 aromatic carbocycles. The Morgan fingerprint density at radius 3 is 1.60 bits per heavy atom. The number of unbranched alkanes of at least 4 members (excludes halogenated alkanes) is 13. The van der Waals surface area contributed by atoms with Gasteiger partial charge in [-0.3, -0.25) is 9.35 Å². The Balaban J connectivity index is 4.16. The maximum atomic E-state index is 12.4. The zero-order chi connectivity index (χ0) is 31.9. The molecule has 0 aromatic heterocycles. The van der Waals surface area contributed by atoms with Crippen LogP contribution in [0, 0.1) is 0 Å². The second kappa shape index (κ2) is 30.1. The molecule has 2 unspecified atom stereocenters. The number of amides is 1. The highest BCUT2D eigenvalue weighted by molar-refractivity contribution is 7.85. The molecule has 248 valence electrons. The van der Waals surface area contributed by atoms with Crippen LogP contribution in [0.25, 0.3) is 0 Å². The second-order valence-electron chi connectivity index (χ2n) is 11.4. The van der Waals surface area contributed by atoms with Crippen LogP contribution in [0.15, 0.2) is 60.8 Å². The molecule has 0 saturated heterocycles. The molecular formula is C36H63NO5S. The van der Waals surface area contributed by atoms with E-state index in [4.69, 9.17) is 0 Å². The maximum absolute atomic E-state index is 12.4. The molecule has 2 atom stereocenters. The van der Waals surface area contributed by atoms with E-state index in [0.717, 1.165) is 44.9 Å². The first-order valence-electron chi connectivity index (χ1n) is 17.0. The predicted molar refractivity (Wildman–Crippen MR) is 184 cm³/mol. The summed E-state index contributed by atoms with van der Waals surface area (Å²) in [6, 6.07) is -1.09. The third-order valence-corrected chi connectivity index (χ3v) is 7.99. The van der Waals surface area contributed by atoms with Crippen LogP contribution in [0.2, 0.25) is 0 Å². The third kappa shape index (κ3) is 31.3. The third-order valence-electron chi connectivity index (χ3n) is 7.21. The molecule has 0 saturated carbocycles. The van der Waals surface area contributed by atoms with Crippen molar-refractivity contribution in [3.63, 3.8) is 0 Å². The van der Waals surface area contributed by atoms with E-state index in [1.54, 1.807) is 0 Å². The van der Waals surface area contributed by atoms with Crippen LogP contribution in [0.4, 0.5) is 0 Å². The van der Waals surface area contributed by atoms with Gasteiger partial charge >= 0.3 is 0 Å². The first-order chi connectivity index (χ1) is 20.8. The van der Waals surface area contributed by atoms with Crippen molar-refractivity contribution in [3.05, 3.63) is 60.8 Å². The van der Waals surface area contributed by atoms with Gasteiger partial charge in [0.2, 0.25) is 5.91 Å². The highest BCUT2D eigenvalue weighted by Crippen LogP contribution is 2.13. The molecule has 0 aliphatic rings. The highest BCUT2D eigenvalue weighted by Gasteiger charge is 2.24. The Labute approximate surface area is 264 Å². The van der Waals surface area contributed by atoms with Crippen molar-refractivity contribution in [1.29, 1.82) is 0 Å². The molecule has 0 spiro atoms. The quantitative estimate of drug-likeness (QED) is 0.0439. The largest absolute Gasteiger partial charge is 0.387 e. The highest BCUT2D eigenvalue weighted by atomic mass is 32.2. The fourth-order valence-electron chi connectivity index (χ4n) is 4.69. The van der Waals surface area contributed by atoms with Gasteiger partial charge in [0.1, 0.15) is 0 Å². The van der Waals surface area contributed by atoms with Gasteiger partial charge in [-0.1, -0.05) is 152 Å². The van der Waals surface area contributed by atoms with Crippen LogP contribution in [0.5, 0.6) is 0 Å². The van der Waals surface area contributed by atoms with Crippen molar-refractivity contribution >= 4 is 16.0 Å². The maximum Gasteiger partial charge on any atom is 0.267 e. The van der Waals surface area contributed by atoms with Crippen molar-refractivity contribution < 1.29 is 22.9 Å². The van der Waals surface area contributed by atoms with Crippen LogP contribution in [0.3, 0.4) is 0 Å². The average molecular weight is 622 g/mol. The van der Waals surface area contributed by atoms with Crippen LogP contribution in [-0.2, 0) is 14.9 Å². The topological polar surface area (TPSA) is 104 Å². The number of hydrogen-bond donors (Lipinski definition) is 3. The molecular weight excluding hydrogens is 558 g/mol. The van der Waals surface area contributed by atoms with Gasteiger partial charge in [0, 0.05) is 6.42 Å². The molecule has 6 nitrogen and oxygen atoms in total. The van der Waals surface area contributed by atoms with E-state index in [9.17, 15) is 22.9 Å². The Morgan fingerprint density at radius 2 is 1.12 bits per heavy atom. The Hall–Kier alpha value is -1.96. The van der Waals surface area contributed by atoms with Crippen molar-refractivity contribution in [2.45, 2.75) is 154 Å². The fraction of sp³-hybridized carbons (Fsp3) is 0.694. The number of aliphatic hydroxyl groups is 1. The van der Waals surface area contributed by atoms with E-state index < -0.39 is 28.0 Å². The van der Waals surface area contributed by atoms with Crippen molar-refractivity contribution in [1.82, 2.24) is 5.32 Å². The van der Waals surface area contributed by atoms with E-state index in [-0.39, 0.29) is 12.3 Å². The van der Waals surface area contributed by atoms with E-state index in [1.165, 1.54) is 76.7 Å². The summed E-state index contributed by atoms with van der Waals surface area (Å²) in [7, 11) is -4.36. The van der Waals surface area contributed by atoms with Crippen LogP contribution in [-0.4, -0.2) is 41.9 Å². The van der Waals surface area contributed by atoms with E-state index in [2.05, 4.69) is 55.6 Å². The number of carbonyl (C=O) groups excluding carboxylic acids is 1. The lowest BCUT2D eigenvalue weighted by molar-refractivity contribution is -0.122. The van der Waals surface area contributed by atoms with Crippen molar-refractivity contribution in [3.8, 4) is 0 Å². The number of carbonyl (C=O) groups is 1. The van der Waals surface area contributed by atoms with Gasteiger partial charge in [-0.05, 0) is 44.9 Å². The first-order valence-corrected chi connectivity index (χ1v) is 18.6. The van der Waals surface area contributed by atoms with E-state index >= 15 is 0 Å². The van der Waals surface area contributed by atoms with Gasteiger partial charge in [-0.25, -0.2) is 0 Å². The van der Waals surface area contributed by atoms with Gasteiger partial charge in [0.15, 0.2) is 0 Å². The number of rotatable bonds is 29. The standard InChI is InChI=1S/C36H63NO5S/c1-3-5-7-9-11-13-15-17-18-20-21-23-25-27-29-31-35(38)34(33-43(40,41)42)37-36(39)32-30-28-26-24-22-19-16-14-12-10-8-6-4-2/h6,8,12,14,19,22,26,28-29,31,34-35,38H,3-5,7,9-11,13,15-18,20-21,23-25,27,30,32-33H2,1-2H3,(H,37,39)(H,40,41,42)/b8-6-,14-12-,22-19-,28-26-,31-29+. The summed E-state index contributed by atoms with van der Waals surface area (Å²) in [4.78, 5) is 12.4. The molecule has 0 rings (SSSR count). The molecule has 0 aromatic rings. The molecule has 0 radical (unpaired) electrons. The molecule has 7 heteroatoms. The van der Waals surface area contributed by atoms with Gasteiger partial charge in [0.05, 0.1) is 17.9 Å². The number of aliphatic hydroxyl groups excluding tert-OH is 1. The Morgan fingerprint density at radius 1 is 0.651 bits per heavy atom. The Bertz CT molecular complexity index is 905. The molecule has 0 fully saturated rings. The monoisotopic (exact) mass is 621 g/mol. The van der Waals surface area contributed by atoms with Gasteiger partial charge in [-0.2, -0.15) is 8.42 Å². The summed E-state index contributed by atoms with van der Waals surface area (Å²) in [6.45, 7) is 4.37. The normalized spacial score (nSPS) is 14.2. The first kappa shape index (κ1) is 41.0. The summed E-state index contributed by atoms with van der Waals surface area (Å²) in [5.41, 5.74) is 0. The second-order valence-corrected chi connectivity index (χ2v) is 12.9. The van der Waals surface area contributed by atoms with Gasteiger partial charge < -0.3 is 10.4 Å². The SMILES string of the molecule is CC/C=C\C/C=C\C/C=C\C/C=C\CCC(=O)NC(CS(=O)(=O)O)C(O)/C=C/CCCCCCCCCCCCCCC. The zero-order valence-electron chi connectivity index (χ0n) is 27.3. The van der Waals surface area contributed by atoms with Crippen molar-refractivity contribution in [2.75, 3.05) is 5.75 Å². The lowest BCUT2D eigenvalue weighted by atomic mass is 10.0.